The molecular formula is C20H23IN4S. The van der Waals surface area contributed by atoms with Crippen molar-refractivity contribution in [3.8, 4) is 0 Å². The molecule has 2 aromatic carbocycles. The Balaban J connectivity index is 0.00000196. The van der Waals surface area contributed by atoms with Crippen LogP contribution in [0.3, 0.4) is 0 Å². The number of hydrogen-bond donors (Lipinski definition) is 1. The Hall–Kier alpha value is -1.67. The topological polar surface area (TPSA) is 40.5 Å². The molecule has 0 atom stereocenters. The van der Waals surface area contributed by atoms with E-state index in [0.29, 0.717) is 0 Å². The first kappa shape index (κ1) is 19.1. The zero-order valence-corrected chi connectivity index (χ0v) is 18.0. The summed E-state index contributed by atoms with van der Waals surface area (Å²) in [5.74, 6) is 0.967. The van der Waals surface area contributed by atoms with Crippen LogP contribution in [0.25, 0.3) is 10.2 Å². The van der Waals surface area contributed by atoms with Gasteiger partial charge < -0.3 is 10.2 Å². The standard InChI is InChI=1S/C20H22N4S.HI/c1-21-20(24-14-12-15-7-2-4-9-17(15)24)22-13-6-11-19-23-16-8-3-5-10-18(16)25-19;/h2-5,7-10H,6,11-14H2,1H3,(H,21,22);1H. The molecule has 2 heterocycles. The monoisotopic (exact) mass is 478 g/mol. The number of nitrogens with one attached hydrogen (secondary N) is 1. The van der Waals surface area contributed by atoms with Crippen LogP contribution in [-0.4, -0.2) is 31.1 Å². The van der Waals surface area contributed by atoms with E-state index >= 15 is 0 Å². The second-order valence-corrected chi connectivity index (χ2v) is 7.30. The number of nitrogens with zero attached hydrogens (tertiary/aromatic N) is 3. The van der Waals surface area contributed by atoms with Crippen molar-refractivity contribution < 1.29 is 0 Å². The second kappa shape index (κ2) is 8.81. The van der Waals surface area contributed by atoms with Gasteiger partial charge in [0.25, 0.3) is 0 Å². The van der Waals surface area contributed by atoms with E-state index in [0.717, 1.165) is 43.8 Å². The van der Waals surface area contributed by atoms with Gasteiger partial charge in [0.2, 0.25) is 0 Å². The lowest BCUT2D eigenvalue weighted by molar-refractivity contribution is 0.758. The minimum atomic E-state index is 0. The van der Waals surface area contributed by atoms with Crippen molar-refractivity contribution in [2.24, 2.45) is 4.99 Å². The van der Waals surface area contributed by atoms with E-state index in [1.807, 2.05) is 13.1 Å². The summed E-state index contributed by atoms with van der Waals surface area (Å²) in [6, 6.07) is 16.9. The smallest absolute Gasteiger partial charge is 0.198 e. The van der Waals surface area contributed by atoms with E-state index in [-0.39, 0.29) is 24.0 Å². The molecule has 136 valence electrons. The fourth-order valence-corrected chi connectivity index (χ4v) is 4.33. The van der Waals surface area contributed by atoms with Gasteiger partial charge in [-0.05, 0) is 36.6 Å². The van der Waals surface area contributed by atoms with Gasteiger partial charge in [0.05, 0.1) is 15.2 Å². The molecule has 0 saturated carbocycles. The molecule has 1 aromatic heterocycles. The third-order valence-electron chi connectivity index (χ3n) is 4.54. The van der Waals surface area contributed by atoms with E-state index in [1.54, 1.807) is 11.3 Å². The van der Waals surface area contributed by atoms with Gasteiger partial charge in [-0.25, -0.2) is 4.98 Å². The van der Waals surface area contributed by atoms with Gasteiger partial charge >= 0.3 is 0 Å². The van der Waals surface area contributed by atoms with Crippen LogP contribution in [0, 0.1) is 0 Å². The number of aliphatic imine (C=N–C) groups is 1. The summed E-state index contributed by atoms with van der Waals surface area (Å²) in [6.07, 6.45) is 3.14. The Morgan fingerprint density at radius 2 is 2.00 bits per heavy atom. The number of aromatic nitrogens is 1. The summed E-state index contributed by atoms with van der Waals surface area (Å²) in [5.41, 5.74) is 3.79. The van der Waals surface area contributed by atoms with Gasteiger partial charge in [-0.1, -0.05) is 30.3 Å². The van der Waals surface area contributed by atoms with Gasteiger partial charge in [0.15, 0.2) is 5.96 Å². The van der Waals surface area contributed by atoms with Crippen molar-refractivity contribution in [2.75, 3.05) is 25.0 Å². The van der Waals surface area contributed by atoms with Crippen LogP contribution < -0.4 is 10.2 Å². The predicted octanol–water partition coefficient (Wildman–Crippen LogP) is 4.49. The van der Waals surface area contributed by atoms with E-state index in [2.05, 4.69) is 57.7 Å². The predicted molar refractivity (Wildman–Crippen MR) is 122 cm³/mol. The van der Waals surface area contributed by atoms with Gasteiger partial charge in [0.1, 0.15) is 0 Å². The lowest BCUT2D eigenvalue weighted by Gasteiger charge is -2.22. The number of anilines is 1. The molecule has 0 unspecified atom stereocenters. The van der Waals surface area contributed by atoms with Gasteiger partial charge in [-0.2, -0.15) is 0 Å². The van der Waals surface area contributed by atoms with Crippen molar-refractivity contribution in [1.29, 1.82) is 0 Å². The Labute approximate surface area is 175 Å². The average Bonchev–Trinajstić information content (AvgIpc) is 3.25. The number of halogens is 1. The number of hydrogen-bond acceptors (Lipinski definition) is 3. The zero-order valence-electron chi connectivity index (χ0n) is 14.8. The molecule has 0 bridgehead atoms. The largest absolute Gasteiger partial charge is 0.356 e. The molecule has 26 heavy (non-hydrogen) atoms. The highest BCUT2D eigenvalue weighted by Crippen LogP contribution is 2.27. The van der Waals surface area contributed by atoms with Crippen LogP contribution >= 0.6 is 35.3 Å². The fourth-order valence-electron chi connectivity index (χ4n) is 3.32. The molecule has 0 aliphatic carbocycles. The average molecular weight is 478 g/mol. The van der Waals surface area contributed by atoms with Crippen molar-refractivity contribution in [3.05, 3.63) is 59.1 Å². The Bertz CT molecular complexity index is 872. The van der Waals surface area contributed by atoms with Crippen molar-refractivity contribution in [2.45, 2.75) is 19.3 Å². The molecule has 1 aliphatic heterocycles. The Kier molecular flexibility index (Phi) is 6.48. The maximum absolute atomic E-state index is 4.71. The molecule has 3 aromatic rings. The van der Waals surface area contributed by atoms with E-state index in [1.165, 1.54) is 21.0 Å². The van der Waals surface area contributed by atoms with Gasteiger partial charge in [0, 0.05) is 32.2 Å². The number of thiazole rings is 1. The number of benzene rings is 2. The molecule has 0 radical (unpaired) electrons. The summed E-state index contributed by atoms with van der Waals surface area (Å²) < 4.78 is 1.27. The maximum Gasteiger partial charge on any atom is 0.198 e. The fraction of sp³-hybridized carbons (Fsp3) is 0.300. The highest BCUT2D eigenvalue weighted by atomic mass is 127. The molecule has 0 spiro atoms. The molecular weight excluding hydrogens is 455 g/mol. The van der Waals surface area contributed by atoms with E-state index in [9.17, 15) is 0 Å². The number of guanidine groups is 1. The molecule has 4 rings (SSSR count). The zero-order chi connectivity index (χ0) is 17.1. The minimum absolute atomic E-state index is 0. The summed E-state index contributed by atoms with van der Waals surface area (Å²) in [6.45, 7) is 1.90. The van der Waals surface area contributed by atoms with Crippen LogP contribution in [0.2, 0.25) is 0 Å². The summed E-state index contributed by atoms with van der Waals surface area (Å²) >= 11 is 1.80. The molecule has 0 amide bonds. The summed E-state index contributed by atoms with van der Waals surface area (Å²) in [7, 11) is 1.86. The SMILES string of the molecule is CN=C(NCCCc1nc2ccccc2s1)N1CCc2ccccc21.I. The first-order valence-electron chi connectivity index (χ1n) is 8.76. The lowest BCUT2D eigenvalue weighted by Crippen LogP contribution is -2.41. The molecule has 6 heteroatoms. The van der Waals surface area contributed by atoms with Crippen LogP contribution in [0.15, 0.2) is 53.5 Å². The van der Waals surface area contributed by atoms with Crippen LogP contribution in [-0.2, 0) is 12.8 Å². The highest BCUT2D eigenvalue weighted by Gasteiger charge is 2.21. The maximum atomic E-state index is 4.71. The highest BCUT2D eigenvalue weighted by molar-refractivity contribution is 14.0. The number of aryl methyl sites for hydroxylation is 1. The minimum Gasteiger partial charge on any atom is -0.356 e. The third kappa shape index (κ3) is 4.01. The molecule has 4 nitrogen and oxygen atoms in total. The molecule has 0 saturated heterocycles. The van der Waals surface area contributed by atoms with Crippen LogP contribution in [0.1, 0.15) is 17.0 Å². The van der Waals surface area contributed by atoms with Crippen molar-refractivity contribution in [1.82, 2.24) is 10.3 Å². The molecule has 0 fully saturated rings. The summed E-state index contributed by atoms with van der Waals surface area (Å²) in [4.78, 5) is 11.5. The second-order valence-electron chi connectivity index (χ2n) is 6.18. The first-order valence-corrected chi connectivity index (χ1v) is 9.57. The number of rotatable bonds is 4. The van der Waals surface area contributed by atoms with Gasteiger partial charge in [-0.3, -0.25) is 4.99 Å². The van der Waals surface area contributed by atoms with Crippen LogP contribution in [0.4, 0.5) is 5.69 Å². The normalized spacial score (nSPS) is 13.6. The first-order chi connectivity index (χ1) is 12.3. The lowest BCUT2D eigenvalue weighted by atomic mass is 10.2. The van der Waals surface area contributed by atoms with Crippen molar-refractivity contribution in [3.63, 3.8) is 0 Å². The van der Waals surface area contributed by atoms with Crippen molar-refractivity contribution >= 4 is 57.2 Å². The van der Waals surface area contributed by atoms with Gasteiger partial charge in [-0.15, -0.1) is 35.3 Å². The molecule has 1 N–H and O–H groups in total. The van der Waals surface area contributed by atoms with Crippen LogP contribution in [0.5, 0.6) is 0 Å². The van der Waals surface area contributed by atoms with E-state index < -0.39 is 0 Å². The summed E-state index contributed by atoms with van der Waals surface area (Å²) in [5, 5.41) is 4.72. The Morgan fingerprint density at radius 1 is 1.19 bits per heavy atom. The Morgan fingerprint density at radius 3 is 2.85 bits per heavy atom. The molecule has 1 aliphatic rings. The third-order valence-corrected chi connectivity index (χ3v) is 5.64. The van der Waals surface area contributed by atoms with E-state index in [4.69, 9.17) is 4.98 Å². The quantitative estimate of drug-likeness (QED) is 0.260. The number of fused-ring (bicyclic) bond motifs is 2. The number of para-hydroxylation sites is 2.